The van der Waals surface area contributed by atoms with Crippen molar-refractivity contribution in [2.75, 3.05) is 54.1 Å². The quantitative estimate of drug-likeness (QED) is 0.601. The first-order valence-electron chi connectivity index (χ1n) is 12.4. The molecule has 7 nitrogen and oxygen atoms in total. The fourth-order valence-electron chi connectivity index (χ4n) is 6.15. The maximum Gasteiger partial charge on any atom is 0.228 e. The van der Waals surface area contributed by atoms with Gasteiger partial charge in [-0.2, -0.15) is 0 Å². The number of fused-ring (bicyclic) bond motifs is 1. The third-order valence-corrected chi connectivity index (χ3v) is 7.92. The summed E-state index contributed by atoms with van der Waals surface area (Å²) in [7, 11) is 5.13. The predicted octanol–water partition coefficient (Wildman–Crippen LogP) is 2.95. The highest BCUT2D eigenvalue weighted by Crippen LogP contribution is 2.39. The number of carbonyl (C=O) groups is 2. The molecule has 33 heavy (non-hydrogen) atoms. The van der Waals surface area contributed by atoms with Crippen LogP contribution < -0.4 is 4.74 Å². The van der Waals surface area contributed by atoms with Gasteiger partial charge in [-0.25, -0.2) is 0 Å². The van der Waals surface area contributed by atoms with Crippen LogP contribution in [0.1, 0.15) is 50.1 Å². The van der Waals surface area contributed by atoms with Crippen molar-refractivity contribution in [3.8, 4) is 5.75 Å². The van der Waals surface area contributed by atoms with Gasteiger partial charge in [-0.1, -0.05) is 18.6 Å². The van der Waals surface area contributed by atoms with E-state index in [0.717, 1.165) is 17.9 Å². The molecule has 3 aliphatic heterocycles. The maximum absolute atomic E-state index is 13.9. The molecule has 7 heteroatoms. The lowest BCUT2D eigenvalue weighted by molar-refractivity contribution is -0.138. The summed E-state index contributed by atoms with van der Waals surface area (Å²) in [6.45, 7) is 4.22. The number of likely N-dealkylation sites (tertiary alicyclic amines) is 1. The van der Waals surface area contributed by atoms with Crippen LogP contribution in [-0.2, 0) is 14.3 Å². The Morgan fingerprint density at radius 3 is 2.58 bits per heavy atom. The molecular formula is C26H39N3O4. The topological polar surface area (TPSA) is 62.3 Å². The van der Waals surface area contributed by atoms with Crippen LogP contribution in [0.25, 0.3) is 0 Å². The normalized spacial score (nSPS) is 28.0. The van der Waals surface area contributed by atoms with Crippen LogP contribution in [0.4, 0.5) is 0 Å². The molecule has 0 radical (unpaired) electrons. The van der Waals surface area contributed by atoms with Crippen molar-refractivity contribution in [2.24, 2.45) is 11.8 Å². The van der Waals surface area contributed by atoms with Crippen molar-refractivity contribution in [3.05, 3.63) is 29.8 Å². The van der Waals surface area contributed by atoms with E-state index in [1.165, 1.54) is 45.2 Å². The highest BCUT2D eigenvalue weighted by Gasteiger charge is 2.45. The Labute approximate surface area is 198 Å². The standard InChI is InChI=1S/C26H39N3O4/c1-27-24(30)17-22(25(27)19-9-11-21(33-3)12-10-19)26(31)29(15-16-32-2)18-20-7-6-14-28-13-5-4-8-23(20)28/h9-12,20,22-23,25H,4-8,13-18H2,1-3H3/t20-,22-,23+,25-/m0/s1. The third kappa shape index (κ3) is 5.19. The van der Waals surface area contributed by atoms with Gasteiger partial charge in [-0.15, -0.1) is 0 Å². The van der Waals surface area contributed by atoms with Gasteiger partial charge in [0.25, 0.3) is 0 Å². The van der Waals surface area contributed by atoms with Crippen LogP contribution in [0.15, 0.2) is 24.3 Å². The van der Waals surface area contributed by atoms with E-state index in [9.17, 15) is 9.59 Å². The van der Waals surface area contributed by atoms with Crippen molar-refractivity contribution in [1.82, 2.24) is 14.7 Å². The third-order valence-electron chi connectivity index (χ3n) is 7.92. The average Bonchev–Trinajstić information content (AvgIpc) is 3.15. The number of carbonyl (C=O) groups excluding carboxylic acids is 2. The van der Waals surface area contributed by atoms with E-state index in [0.29, 0.717) is 25.1 Å². The summed E-state index contributed by atoms with van der Waals surface area (Å²) in [5, 5.41) is 0. The molecule has 0 bridgehead atoms. The van der Waals surface area contributed by atoms with E-state index < -0.39 is 0 Å². The zero-order valence-electron chi connectivity index (χ0n) is 20.4. The number of ether oxygens (including phenoxy) is 2. The lowest BCUT2D eigenvalue weighted by Gasteiger charge is -2.46. The number of hydrogen-bond donors (Lipinski definition) is 0. The smallest absolute Gasteiger partial charge is 0.228 e. The Morgan fingerprint density at radius 1 is 1.09 bits per heavy atom. The highest BCUT2D eigenvalue weighted by atomic mass is 16.5. The molecule has 4 atom stereocenters. The summed E-state index contributed by atoms with van der Waals surface area (Å²) in [6, 6.07) is 8.07. The van der Waals surface area contributed by atoms with E-state index in [-0.39, 0.29) is 30.2 Å². The first kappa shape index (κ1) is 24.0. The zero-order chi connectivity index (χ0) is 23.4. The molecule has 3 saturated heterocycles. The van der Waals surface area contributed by atoms with Gasteiger partial charge < -0.3 is 24.2 Å². The minimum Gasteiger partial charge on any atom is -0.497 e. The number of amides is 2. The van der Waals surface area contributed by atoms with Crippen molar-refractivity contribution < 1.29 is 19.1 Å². The minimum atomic E-state index is -0.376. The molecule has 0 saturated carbocycles. The Balaban J connectivity index is 1.54. The number of rotatable bonds is 8. The van der Waals surface area contributed by atoms with Gasteiger partial charge in [0.2, 0.25) is 11.8 Å². The lowest BCUT2D eigenvalue weighted by atomic mass is 9.83. The largest absolute Gasteiger partial charge is 0.497 e. The second-order valence-electron chi connectivity index (χ2n) is 9.81. The summed E-state index contributed by atoms with van der Waals surface area (Å²) in [4.78, 5) is 33.0. The molecule has 3 fully saturated rings. The highest BCUT2D eigenvalue weighted by molar-refractivity contribution is 5.90. The summed E-state index contributed by atoms with van der Waals surface area (Å²) >= 11 is 0. The summed E-state index contributed by atoms with van der Waals surface area (Å²) in [5.41, 5.74) is 0.977. The Kier molecular flexibility index (Phi) is 7.91. The average molecular weight is 458 g/mol. The lowest BCUT2D eigenvalue weighted by Crippen LogP contribution is -2.52. The summed E-state index contributed by atoms with van der Waals surface area (Å²) in [5.74, 6) is 0.994. The SMILES string of the molecule is COCCN(C[C@@H]1CCCN2CCCC[C@H]12)C(=O)[C@H]1CC(=O)N(C)[C@H]1c1ccc(OC)cc1. The molecule has 182 valence electrons. The van der Waals surface area contributed by atoms with E-state index in [1.54, 1.807) is 19.1 Å². The molecule has 3 heterocycles. The van der Waals surface area contributed by atoms with Crippen molar-refractivity contribution in [3.63, 3.8) is 0 Å². The molecule has 0 N–H and O–H groups in total. The Hall–Kier alpha value is -2.12. The number of methoxy groups -OCH3 is 2. The molecular weight excluding hydrogens is 418 g/mol. The Morgan fingerprint density at radius 2 is 1.85 bits per heavy atom. The summed E-state index contributed by atoms with van der Waals surface area (Å²) < 4.78 is 10.7. The Bertz CT molecular complexity index is 812. The van der Waals surface area contributed by atoms with Crippen LogP contribution in [0.5, 0.6) is 5.75 Å². The van der Waals surface area contributed by atoms with Crippen LogP contribution >= 0.6 is 0 Å². The van der Waals surface area contributed by atoms with Gasteiger partial charge in [0.15, 0.2) is 0 Å². The fourth-order valence-corrected chi connectivity index (χ4v) is 6.15. The monoisotopic (exact) mass is 457 g/mol. The van der Waals surface area contributed by atoms with E-state index in [1.807, 2.05) is 36.2 Å². The van der Waals surface area contributed by atoms with Gasteiger partial charge in [-0.3, -0.25) is 9.59 Å². The van der Waals surface area contributed by atoms with Gasteiger partial charge in [0.05, 0.1) is 25.7 Å². The first-order chi connectivity index (χ1) is 16.0. The molecule has 1 aromatic carbocycles. The van der Waals surface area contributed by atoms with E-state index >= 15 is 0 Å². The molecule has 1 aromatic rings. The summed E-state index contributed by atoms with van der Waals surface area (Å²) in [6.07, 6.45) is 6.43. The van der Waals surface area contributed by atoms with Gasteiger partial charge in [-0.05, 0) is 62.4 Å². The second kappa shape index (κ2) is 10.9. The molecule has 4 rings (SSSR count). The molecule has 2 amide bonds. The fraction of sp³-hybridized carbons (Fsp3) is 0.692. The zero-order valence-corrected chi connectivity index (χ0v) is 20.4. The van der Waals surface area contributed by atoms with Crippen molar-refractivity contribution >= 4 is 11.8 Å². The van der Waals surface area contributed by atoms with Crippen molar-refractivity contribution in [2.45, 2.75) is 50.6 Å². The second-order valence-corrected chi connectivity index (χ2v) is 9.81. The maximum atomic E-state index is 13.9. The minimum absolute atomic E-state index is 0.0250. The van der Waals surface area contributed by atoms with Crippen LogP contribution in [0.2, 0.25) is 0 Å². The first-order valence-corrected chi connectivity index (χ1v) is 12.4. The van der Waals surface area contributed by atoms with Crippen LogP contribution in [0, 0.1) is 11.8 Å². The molecule has 0 spiro atoms. The van der Waals surface area contributed by atoms with Gasteiger partial charge >= 0.3 is 0 Å². The predicted molar refractivity (Wildman–Crippen MR) is 127 cm³/mol. The van der Waals surface area contributed by atoms with E-state index in [4.69, 9.17) is 9.47 Å². The van der Waals surface area contributed by atoms with Crippen LogP contribution in [-0.4, -0.2) is 86.6 Å². The molecule has 0 aromatic heterocycles. The van der Waals surface area contributed by atoms with Crippen LogP contribution in [0.3, 0.4) is 0 Å². The molecule has 3 aliphatic rings. The number of nitrogens with zero attached hydrogens (tertiary/aromatic N) is 3. The number of benzene rings is 1. The molecule has 0 unspecified atom stereocenters. The number of piperidine rings is 2. The number of hydrogen-bond acceptors (Lipinski definition) is 5. The van der Waals surface area contributed by atoms with Crippen molar-refractivity contribution in [1.29, 1.82) is 0 Å². The van der Waals surface area contributed by atoms with Gasteiger partial charge in [0, 0.05) is 39.7 Å². The van der Waals surface area contributed by atoms with E-state index in [2.05, 4.69) is 4.90 Å². The molecule has 0 aliphatic carbocycles. The van der Waals surface area contributed by atoms with Gasteiger partial charge in [0.1, 0.15) is 5.75 Å².